The van der Waals surface area contributed by atoms with Gasteiger partial charge in [0.25, 0.3) is 0 Å². The number of para-hydroxylation sites is 1. The van der Waals surface area contributed by atoms with Gasteiger partial charge in [-0.2, -0.15) is 13.2 Å². The second kappa shape index (κ2) is 11.3. The molecule has 0 amide bonds. The predicted octanol–water partition coefficient (Wildman–Crippen LogP) is 3.21. The molecule has 30 heavy (non-hydrogen) atoms. The van der Waals surface area contributed by atoms with Crippen LogP contribution in [0.15, 0.2) is 53.5 Å². The van der Waals surface area contributed by atoms with Crippen molar-refractivity contribution in [3.05, 3.63) is 59.7 Å². The van der Waals surface area contributed by atoms with E-state index in [2.05, 4.69) is 15.6 Å². The van der Waals surface area contributed by atoms with Gasteiger partial charge in [0.05, 0.1) is 19.2 Å². The van der Waals surface area contributed by atoms with E-state index in [4.69, 9.17) is 9.47 Å². The summed E-state index contributed by atoms with van der Waals surface area (Å²) in [5.41, 5.74) is 0.108. The summed E-state index contributed by atoms with van der Waals surface area (Å²) in [6, 6.07) is 12.1. The number of hydrogen-bond acceptors (Lipinski definition) is 4. The Morgan fingerprint density at radius 1 is 1.13 bits per heavy atom. The third-order valence-electron chi connectivity index (χ3n) is 4.05. The lowest BCUT2D eigenvalue weighted by Gasteiger charge is -2.16. The highest BCUT2D eigenvalue weighted by molar-refractivity contribution is 5.79. The zero-order valence-electron chi connectivity index (χ0n) is 16.9. The van der Waals surface area contributed by atoms with Gasteiger partial charge in [-0.15, -0.1) is 0 Å². The largest absolute Gasteiger partial charge is 0.496 e. The van der Waals surface area contributed by atoms with Gasteiger partial charge in [-0.05, 0) is 31.2 Å². The molecule has 0 radical (unpaired) electrons. The lowest BCUT2D eigenvalue weighted by atomic mass is 10.2. The Balaban J connectivity index is 1.88. The molecule has 0 aromatic heterocycles. The molecule has 164 valence electrons. The number of aliphatic hydroxyl groups excluding tert-OH is 1. The van der Waals surface area contributed by atoms with E-state index in [1.807, 2.05) is 31.2 Å². The number of methoxy groups -OCH3 is 1. The van der Waals surface area contributed by atoms with E-state index < -0.39 is 17.8 Å². The minimum Gasteiger partial charge on any atom is -0.496 e. The van der Waals surface area contributed by atoms with Crippen LogP contribution < -0.4 is 20.1 Å². The van der Waals surface area contributed by atoms with Gasteiger partial charge in [-0.1, -0.05) is 24.3 Å². The Morgan fingerprint density at radius 3 is 2.60 bits per heavy atom. The zero-order valence-corrected chi connectivity index (χ0v) is 16.9. The average molecular weight is 425 g/mol. The first-order chi connectivity index (χ1) is 14.3. The van der Waals surface area contributed by atoms with Gasteiger partial charge in [0.1, 0.15) is 24.2 Å². The highest BCUT2D eigenvalue weighted by atomic mass is 19.4. The molecule has 0 spiro atoms. The molecule has 2 aromatic carbocycles. The molecule has 0 aliphatic carbocycles. The van der Waals surface area contributed by atoms with Crippen molar-refractivity contribution >= 4 is 5.96 Å². The molecule has 6 nitrogen and oxygen atoms in total. The van der Waals surface area contributed by atoms with Gasteiger partial charge < -0.3 is 25.2 Å². The molecule has 9 heteroatoms. The van der Waals surface area contributed by atoms with Crippen LogP contribution >= 0.6 is 0 Å². The van der Waals surface area contributed by atoms with Crippen LogP contribution in [0.25, 0.3) is 0 Å². The molecular weight excluding hydrogens is 399 g/mol. The van der Waals surface area contributed by atoms with Crippen molar-refractivity contribution in [2.75, 3.05) is 26.8 Å². The monoisotopic (exact) mass is 425 g/mol. The van der Waals surface area contributed by atoms with E-state index in [9.17, 15) is 18.3 Å². The lowest BCUT2D eigenvalue weighted by Crippen LogP contribution is -2.42. The van der Waals surface area contributed by atoms with Crippen LogP contribution in [0.3, 0.4) is 0 Å². The molecule has 0 aliphatic heterocycles. The fourth-order valence-electron chi connectivity index (χ4n) is 2.57. The number of rotatable bonds is 9. The topological polar surface area (TPSA) is 75.1 Å². The van der Waals surface area contributed by atoms with Crippen molar-refractivity contribution in [3.63, 3.8) is 0 Å². The highest BCUT2D eigenvalue weighted by Crippen LogP contribution is 2.31. The number of benzene rings is 2. The van der Waals surface area contributed by atoms with Crippen LogP contribution in [0.4, 0.5) is 13.2 Å². The number of alkyl halides is 3. The maximum atomic E-state index is 12.7. The van der Waals surface area contributed by atoms with Crippen molar-refractivity contribution in [3.8, 4) is 11.5 Å². The van der Waals surface area contributed by atoms with Crippen LogP contribution in [0.5, 0.6) is 11.5 Å². The molecule has 1 atom stereocenters. The van der Waals surface area contributed by atoms with E-state index in [0.29, 0.717) is 19.0 Å². The van der Waals surface area contributed by atoms with Crippen molar-refractivity contribution < 1.29 is 27.8 Å². The van der Waals surface area contributed by atoms with E-state index in [-0.39, 0.29) is 18.9 Å². The van der Waals surface area contributed by atoms with Crippen molar-refractivity contribution in [1.82, 2.24) is 10.6 Å². The minimum absolute atomic E-state index is 0.0422. The number of hydrogen-bond donors (Lipinski definition) is 3. The molecule has 2 aromatic rings. The summed E-state index contributed by atoms with van der Waals surface area (Å²) in [5, 5.41) is 16.2. The second-order valence-electron chi connectivity index (χ2n) is 6.38. The first kappa shape index (κ1) is 23.3. The summed E-state index contributed by atoms with van der Waals surface area (Å²) in [6.45, 7) is 2.84. The first-order valence-electron chi connectivity index (χ1n) is 9.45. The fraction of sp³-hybridized carbons (Fsp3) is 0.381. The van der Waals surface area contributed by atoms with Crippen molar-refractivity contribution in [2.45, 2.75) is 25.7 Å². The summed E-state index contributed by atoms with van der Waals surface area (Å²) in [5.74, 6) is 1.26. The second-order valence-corrected chi connectivity index (χ2v) is 6.38. The lowest BCUT2D eigenvalue weighted by molar-refractivity contribution is -0.137. The molecule has 3 N–H and O–H groups in total. The molecule has 0 saturated carbocycles. The van der Waals surface area contributed by atoms with Gasteiger partial charge in [0, 0.05) is 18.7 Å². The Bertz CT molecular complexity index is 828. The smallest absolute Gasteiger partial charge is 0.416 e. The van der Waals surface area contributed by atoms with Gasteiger partial charge in [-0.3, -0.25) is 0 Å². The molecule has 0 saturated heterocycles. The van der Waals surface area contributed by atoms with Crippen LogP contribution in [0.1, 0.15) is 18.1 Å². The fourth-order valence-corrected chi connectivity index (χ4v) is 2.57. The van der Waals surface area contributed by atoms with Crippen LogP contribution in [-0.2, 0) is 12.7 Å². The van der Waals surface area contributed by atoms with Gasteiger partial charge in [0.2, 0.25) is 0 Å². The van der Waals surface area contributed by atoms with Crippen LogP contribution in [-0.4, -0.2) is 44.0 Å². The Kier molecular flexibility index (Phi) is 8.79. The number of aliphatic imine (C=N–C) groups is 1. The Hall–Kier alpha value is -2.94. The number of halogens is 3. The quantitative estimate of drug-likeness (QED) is 0.425. The summed E-state index contributed by atoms with van der Waals surface area (Å²) in [4.78, 5) is 4.46. The molecule has 0 aliphatic rings. The van der Waals surface area contributed by atoms with Crippen molar-refractivity contribution in [1.29, 1.82) is 0 Å². The van der Waals surface area contributed by atoms with Crippen LogP contribution in [0.2, 0.25) is 0 Å². The third-order valence-corrected chi connectivity index (χ3v) is 4.05. The van der Waals surface area contributed by atoms with Gasteiger partial charge >= 0.3 is 6.18 Å². The molecule has 2 rings (SSSR count). The number of nitrogens with zero attached hydrogens (tertiary/aromatic N) is 1. The Morgan fingerprint density at radius 2 is 1.90 bits per heavy atom. The van der Waals surface area contributed by atoms with E-state index in [1.165, 1.54) is 12.1 Å². The standard InChI is InChI=1S/C21H26F3N3O3/c1-3-25-20(26-12-15-7-4-5-10-19(15)29-2)27-13-17(28)14-30-18-9-6-8-16(11-18)21(22,23)24/h4-11,17,28H,3,12-14H2,1-2H3,(H2,25,26,27). The van der Waals surface area contributed by atoms with E-state index >= 15 is 0 Å². The summed E-state index contributed by atoms with van der Waals surface area (Å²) in [6.07, 6.45) is -5.40. The van der Waals surface area contributed by atoms with Gasteiger partial charge in [0.15, 0.2) is 5.96 Å². The Labute approximate surface area is 173 Å². The maximum absolute atomic E-state index is 12.7. The summed E-state index contributed by atoms with van der Waals surface area (Å²) in [7, 11) is 1.59. The molecule has 1 unspecified atom stereocenters. The van der Waals surface area contributed by atoms with Gasteiger partial charge in [-0.25, -0.2) is 4.99 Å². The SMILES string of the molecule is CCNC(=NCc1ccccc1OC)NCC(O)COc1cccc(C(F)(F)F)c1. The van der Waals surface area contributed by atoms with E-state index in [1.54, 1.807) is 7.11 Å². The maximum Gasteiger partial charge on any atom is 0.416 e. The minimum atomic E-state index is -4.45. The summed E-state index contributed by atoms with van der Waals surface area (Å²) < 4.78 is 48.8. The number of nitrogens with one attached hydrogen (secondary N) is 2. The molecule has 0 heterocycles. The van der Waals surface area contributed by atoms with Crippen LogP contribution in [0, 0.1) is 0 Å². The molecule has 0 bridgehead atoms. The number of aliphatic hydroxyl groups is 1. The number of guanidine groups is 1. The predicted molar refractivity (Wildman–Crippen MR) is 109 cm³/mol. The summed E-state index contributed by atoms with van der Waals surface area (Å²) >= 11 is 0. The normalized spacial score (nSPS) is 12.9. The third kappa shape index (κ3) is 7.47. The number of ether oxygens (including phenoxy) is 2. The highest BCUT2D eigenvalue weighted by Gasteiger charge is 2.30. The van der Waals surface area contributed by atoms with Crippen molar-refractivity contribution in [2.24, 2.45) is 4.99 Å². The molecular formula is C21H26F3N3O3. The zero-order chi connectivity index (χ0) is 22.0. The van der Waals surface area contributed by atoms with E-state index in [0.717, 1.165) is 23.4 Å². The molecule has 0 fully saturated rings. The first-order valence-corrected chi connectivity index (χ1v) is 9.45. The average Bonchev–Trinajstić information content (AvgIpc) is 2.74.